The van der Waals surface area contributed by atoms with Crippen LogP contribution in [0.2, 0.25) is 5.02 Å². The third-order valence-electron chi connectivity index (χ3n) is 3.37. The molecule has 0 amide bonds. The standard InChI is InChI=1S/C18H15ClF3NO/c1-23-11-16(13-3-2-4-14(10-13)18(20,21)22)17(24)9-12-5-7-15(19)8-6-12/h2-8,10-11,23H,9H2,1H3. The van der Waals surface area contributed by atoms with Crippen LogP contribution in [-0.4, -0.2) is 12.8 Å². The molecule has 0 saturated carbocycles. The lowest BCUT2D eigenvalue weighted by Gasteiger charge is -2.11. The minimum atomic E-state index is -4.46. The molecule has 0 aliphatic carbocycles. The summed E-state index contributed by atoms with van der Waals surface area (Å²) in [4.78, 5) is 12.5. The molecule has 0 spiro atoms. The largest absolute Gasteiger partial charge is 0.416 e. The monoisotopic (exact) mass is 353 g/mol. The van der Waals surface area contributed by atoms with Crippen LogP contribution in [0.25, 0.3) is 5.57 Å². The van der Waals surface area contributed by atoms with E-state index in [-0.39, 0.29) is 23.3 Å². The second-order valence-corrected chi connectivity index (χ2v) is 5.59. The van der Waals surface area contributed by atoms with Gasteiger partial charge < -0.3 is 5.32 Å². The molecule has 0 atom stereocenters. The van der Waals surface area contributed by atoms with Crippen LogP contribution in [0.3, 0.4) is 0 Å². The highest BCUT2D eigenvalue weighted by Gasteiger charge is 2.30. The number of hydrogen-bond acceptors (Lipinski definition) is 2. The second kappa shape index (κ2) is 7.53. The first-order chi connectivity index (χ1) is 11.3. The maximum absolute atomic E-state index is 12.9. The molecule has 2 nitrogen and oxygen atoms in total. The maximum Gasteiger partial charge on any atom is 0.416 e. The van der Waals surface area contributed by atoms with Crippen molar-refractivity contribution < 1.29 is 18.0 Å². The number of carbonyl (C=O) groups excluding carboxylic acids is 1. The van der Waals surface area contributed by atoms with Crippen molar-refractivity contribution in [2.45, 2.75) is 12.6 Å². The molecular weight excluding hydrogens is 339 g/mol. The van der Waals surface area contributed by atoms with Crippen molar-refractivity contribution in [3.63, 3.8) is 0 Å². The van der Waals surface area contributed by atoms with Gasteiger partial charge in [-0.25, -0.2) is 0 Å². The molecule has 0 heterocycles. The number of hydrogen-bond donors (Lipinski definition) is 1. The van der Waals surface area contributed by atoms with Crippen molar-refractivity contribution in [2.24, 2.45) is 0 Å². The van der Waals surface area contributed by atoms with Gasteiger partial charge in [-0.2, -0.15) is 13.2 Å². The number of ketones is 1. The van der Waals surface area contributed by atoms with E-state index in [1.165, 1.54) is 18.3 Å². The number of alkyl halides is 3. The molecule has 0 radical (unpaired) electrons. The summed E-state index contributed by atoms with van der Waals surface area (Å²) in [5.41, 5.74) is 0.358. The maximum atomic E-state index is 12.9. The van der Waals surface area contributed by atoms with Crippen molar-refractivity contribution in [1.82, 2.24) is 5.32 Å². The minimum Gasteiger partial charge on any atom is -0.393 e. The van der Waals surface area contributed by atoms with Gasteiger partial charge in [0.25, 0.3) is 0 Å². The van der Waals surface area contributed by atoms with Crippen LogP contribution in [0.1, 0.15) is 16.7 Å². The lowest BCUT2D eigenvalue weighted by Crippen LogP contribution is -2.11. The minimum absolute atomic E-state index is 0.0704. The Kier molecular flexibility index (Phi) is 5.67. The molecule has 126 valence electrons. The van der Waals surface area contributed by atoms with Crippen LogP contribution in [0, 0.1) is 0 Å². The molecule has 24 heavy (non-hydrogen) atoms. The summed E-state index contributed by atoms with van der Waals surface area (Å²) >= 11 is 5.80. The number of halogens is 4. The highest BCUT2D eigenvalue weighted by molar-refractivity contribution is 6.30. The summed E-state index contributed by atoms with van der Waals surface area (Å²) in [6, 6.07) is 11.5. The van der Waals surface area contributed by atoms with E-state index >= 15 is 0 Å². The lowest BCUT2D eigenvalue weighted by molar-refractivity contribution is -0.137. The van der Waals surface area contributed by atoms with Gasteiger partial charge in [0, 0.05) is 30.3 Å². The van der Waals surface area contributed by atoms with Crippen LogP contribution in [0.4, 0.5) is 13.2 Å². The third kappa shape index (κ3) is 4.61. The zero-order valence-electron chi connectivity index (χ0n) is 12.8. The summed E-state index contributed by atoms with van der Waals surface area (Å²) < 4.78 is 38.6. The van der Waals surface area contributed by atoms with E-state index in [1.807, 2.05) is 0 Å². The first-order valence-electron chi connectivity index (χ1n) is 7.14. The predicted molar refractivity (Wildman–Crippen MR) is 88.6 cm³/mol. The lowest BCUT2D eigenvalue weighted by atomic mass is 9.96. The van der Waals surface area contributed by atoms with E-state index < -0.39 is 11.7 Å². The molecular formula is C18H15ClF3NO. The van der Waals surface area contributed by atoms with E-state index in [9.17, 15) is 18.0 Å². The highest BCUT2D eigenvalue weighted by atomic mass is 35.5. The van der Waals surface area contributed by atoms with E-state index in [1.54, 1.807) is 31.3 Å². The van der Waals surface area contributed by atoms with Crippen molar-refractivity contribution >= 4 is 23.0 Å². The van der Waals surface area contributed by atoms with Crippen molar-refractivity contribution in [2.75, 3.05) is 7.05 Å². The molecule has 1 N–H and O–H groups in total. The van der Waals surface area contributed by atoms with Gasteiger partial charge in [0.15, 0.2) is 5.78 Å². The Morgan fingerprint density at radius 1 is 1.17 bits per heavy atom. The first-order valence-corrected chi connectivity index (χ1v) is 7.52. The normalized spacial score (nSPS) is 12.1. The summed E-state index contributed by atoms with van der Waals surface area (Å²) in [5.74, 6) is -0.286. The SMILES string of the molecule is CNC=C(C(=O)Cc1ccc(Cl)cc1)c1cccc(C(F)(F)F)c1. The molecule has 0 bridgehead atoms. The van der Waals surface area contributed by atoms with Gasteiger partial charge in [-0.15, -0.1) is 0 Å². The number of allylic oxidation sites excluding steroid dienone is 1. The average molecular weight is 354 g/mol. The smallest absolute Gasteiger partial charge is 0.393 e. The summed E-state index contributed by atoms with van der Waals surface area (Å²) in [6.45, 7) is 0. The fourth-order valence-electron chi connectivity index (χ4n) is 2.22. The topological polar surface area (TPSA) is 29.1 Å². The zero-order valence-corrected chi connectivity index (χ0v) is 13.6. The van der Waals surface area contributed by atoms with E-state index in [0.29, 0.717) is 5.02 Å². The molecule has 0 aliphatic rings. The van der Waals surface area contributed by atoms with E-state index in [2.05, 4.69) is 5.32 Å². The number of rotatable bonds is 5. The quantitative estimate of drug-likeness (QED) is 0.787. The Morgan fingerprint density at radius 3 is 2.42 bits per heavy atom. The van der Waals surface area contributed by atoms with Gasteiger partial charge >= 0.3 is 6.18 Å². The number of nitrogens with one attached hydrogen (secondary N) is 1. The molecule has 0 unspecified atom stereocenters. The Labute approximate surface area is 142 Å². The van der Waals surface area contributed by atoms with Gasteiger partial charge in [0.05, 0.1) is 5.56 Å². The van der Waals surface area contributed by atoms with E-state index in [0.717, 1.165) is 17.7 Å². The van der Waals surface area contributed by atoms with Gasteiger partial charge in [0.1, 0.15) is 0 Å². The van der Waals surface area contributed by atoms with Crippen LogP contribution in [0.5, 0.6) is 0 Å². The third-order valence-corrected chi connectivity index (χ3v) is 3.62. The number of Topliss-reactive ketones (excluding diaryl/α,β-unsaturated/α-hetero) is 1. The molecule has 0 saturated heterocycles. The molecule has 0 fully saturated rings. The Bertz CT molecular complexity index is 752. The van der Waals surface area contributed by atoms with Crippen LogP contribution in [-0.2, 0) is 17.4 Å². The Hall–Kier alpha value is -2.27. The summed E-state index contributed by atoms with van der Waals surface area (Å²) in [5, 5.41) is 3.27. The first kappa shape index (κ1) is 18.1. The Morgan fingerprint density at radius 2 is 1.83 bits per heavy atom. The summed E-state index contributed by atoms with van der Waals surface area (Å²) in [7, 11) is 1.59. The number of benzene rings is 2. The molecule has 6 heteroatoms. The number of carbonyl (C=O) groups is 1. The van der Waals surface area contributed by atoms with Crippen LogP contribution in [0.15, 0.2) is 54.7 Å². The fraction of sp³-hybridized carbons (Fsp3) is 0.167. The Balaban J connectivity index is 2.31. The fourth-order valence-corrected chi connectivity index (χ4v) is 2.34. The van der Waals surface area contributed by atoms with Crippen LogP contribution >= 0.6 is 11.6 Å². The molecule has 2 rings (SSSR count). The molecule has 2 aromatic carbocycles. The van der Waals surface area contributed by atoms with Crippen molar-refractivity contribution in [3.8, 4) is 0 Å². The van der Waals surface area contributed by atoms with E-state index in [4.69, 9.17) is 11.6 Å². The van der Waals surface area contributed by atoms with Crippen molar-refractivity contribution in [3.05, 3.63) is 76.4 Å². The van der Waals surface area contributed by atoms with Gasteiger partial charge in [-0.05, 0) is 35.4 Å². The summed E-state index contributed by atoms with van der Waals surface area (Å²) in [6.07, 6.45) is -2.98. The molecule has 0 aromatic heterocycles. The van der Waals surface area contributed by atoms with Gasteiger partial charge in [0.2, 0.25) is 0 Å². The average Bonchev–Trinajstić information content (AvgIpc) is 2.54. The van der Waals surface area contributed by atoms with Gasteiger partial charge in [-0.3, -0.25) is 4.79 Å². The molecule has 0 aliphatic heterocycles. The molecule has 2 aromatic rings. The zero-order chi connectivity index (χ0) is 17.7. The second-order valence-electron chi connectivity index (χ2n) is 5.15. The highest BCUT2D eigenvalue weighted by Crippen LogP contribution is 2.31. The van der Waals surface area contributed by atoms with Crippen molar-refractivity contribution in [1.29, 1.82) is 0 Å². The predicted octanol–water partition coefficient (Wildman–Crippen LogP) is 4.73. The van der Waals surface area contributed by atoms with Crippen LogP contribution < -0.4 is 5.32 Å². The van der Waals surface area contributed by atoms with Gasteiger partial charge in [-0.1, -0.05) is 35.9 Å².